The van der Waals surface area contributed by atoms with Crippen molar-refractivity contribution in [3.63, 3.8) is 0 Å². The largest absolute Gasteiger partial charge is 0.370 e. The van der Waals surface area contributed by atoms with Crippen molar-refractivity contribution in [2.45, 2.75) is 19.3 Å². The maximum atomic E-state index is 10.6. The van der Waals surface area contributed by atoms with Crippen molar-refractivity contribution in [2.75, 3.05) is 13.6 Å². The zero-order valence-corrected chi connectivity index (χ0v) is 7.22. The molecule has 0 rings (SSSR count). The molecule has 0 heterocycles. The maximum absolute atomic E-state index is 10.6. The number of hydrogen-bond donors (Lipinski definition) is 3. The van der Waals surface area contributed by atoms with Gasteiger partial charge in [-0.25, -0.2) is 4.79 Å². The highest BCUT2D eigenvalue weighted by atomic mass is 16.2. The number of carbonyl (C=O) groups excluding carboxylic acids is 2. The first-order valence-corrected chi connectivity index (χ1v) is 3.90. The van der Waals surface area contributed by atoms with Gasteiger partial charge in [0.2, 0.25) is 5.91 Å². The molecule has 0 saturated heterocycles. The van der Waals surface area contributed by atoms with Crippen LogP contribution in [-0.4, -0.2) is 25.5 Å². The van der Waals surface area contributed by atoms with Crippen LogP contribution in [0.5, 0.6) is 0 Å². The Hall–Kier alpha value is -1.26. The zero-order chi connectivity index (χ0) is 9.40. The Balaban J connectivity index is 3.11. The average molecular weight is 173 g/mol. The number of unbranched alkanes of at least 4 members (excludes halogenated alkanes) is 1. The van der Waals surface area contributed by atoms with Crippen molar-refractivity contribution in [1.29, 1.82) is 0 Å². The highest BCUT2D eigenvalue weighted by Crippen LogP contribution is 1.91. The van der Waals surface area contributed by atoms with Gasteiger partial charge in [0.25, 0.3) is 0 Å². The Kier molecular flexibility index (Phi) is 5.77. The number of nitrogens with one attached hydrogen (secondary N) is 2. The van der Waals surface area contributed by atoms with Crippen molar-refractivity contribution < 1.29 is 9.59 Å². The molecule has 5 nitrogen and oxygen atoms in total. The molecule has 12 heavy (non-hydrogen) atoms. The second kappa shape index (κ2) is 6.45. The van der Waals surface area contributed by atoms with Crippen LogP contribution in [0.25, 0.3) is 0 Å². The van der Waals surface area contributed by atoms with Crippen LogP contribution in [0.1, 0.15) is 19.3 Å². The molecule has 0 unspecified atom stereocenters. The van der Waals surface area contributed by atoms with Crippen LogP contribution < -0.4 is 16.4 Å². The van der Waals surface area contributed by atoms with Crippen LogP contribution in [0.2, 0.25) is 0 Å². The van der Waals surface area contributed by atoms with E-state index < -0.39 is 0 Å². The molecule has 0 fully saturated rings. The minimum absolute atomic E-state index is 0.200. The SMILES string of the molecule is CNC(=O)NCCCCC(N)=O. The number of urea groups is 1. The molecule has 0 aliphatic rings. The molecule has 0 spiro atoms. The minimum Gasteiger partial charge on any atom is -0.370 e. The third-order valence-corrected chi connectivity index (χ3v) is 1.36. The molecular weight excluding hydrogens is 158 g/mol. The maximum Gasteiger partial charge on any atom is 0.314 e. The zero-order valence-electron chi connectivity index (χ0n) is 7.22. The second-order valence-electron chi connectivity index (χ2n) is 2.43. The lowest BCUT2D eigenvalue weighted by Gasteiger charge is -2.02. The van der Waals surface area contributed by atoms with Gasteiger partial charge in [-0.3, -0.25) is 4.79 Å². The van der Waals surface area contributed by atoms with E-state index in [1.807, 2.05) is 0 Å². The van der Waals surface area contributed by atoms with Crippen LogP contribution in [0.4, 0.5) is 4.79 Å². The first kappa shape index (κ1) is 10.7. The van der Waals surface area contributed by atoms with Crippen molar-refractivity contribution in [2.24, 2.45) is 5.73 Å². The summed E-state index contributed by atoms with van der Waals surface area (Å²) in [6, 6.07) is -0.200. The summed E-state index contributed by atoms with van der Waals surface area (Å²) in [6.45, 7) is 0.576. The number of carbonyl (C=O) groups is 2. The van der Waals surface area contributed by atoms with Crippen molar-refractivity contribution in [3.8, 4) is 0 Å². The molecule has 0 aliphatic carbocycles. The summed E-state index contributed by atoms with van der Waals surface area (Å²) >= 11 is 0. The van der Waals surface area contributed by atoms with Crippen molar-refractivity contribution >= 4 is 11.9 Å². The third-order valence-electron chi connectivity index (χ3n) is 1.36. The van der Waals surface area contributed by atoms with Gasteiger partial charge in [0.15, 0.2) is 0 Å². The summed E-state index contributed by atoms with van der Waals surface area (Å²) in [7, 11) is 1.55. The Bertz CT molecular complexity index is 159. The smallest absolute Gasteiger partial charge is 0.314 e. The summed E-state index contributed by atoms with van der Waals surface area (Å²) in [4.78, 5) is 20.9. The lowest BCUT2D eigenvalue weighted by Crippen LogP contribution is -2.33. The number of amides is 3. The molecule has 0 aromatic rings. The van der Waals surface area contributed by atoms with Gasteiger partial charge in [-0.1, -0.05) is 0 Å². The van der Waals surface area contributed by atoms with Crippen molar-refractivity contribution in [1.82, 2.24) is 10.6 Å². The second-order valence-corrected chi connectivity index (χ2v) is 2.43. The highest BCUT2D eigenvalue weighted by molar-refractivity contribution is 5.74. The Morgan fingerprint density at radius 1 is 1.33 bits per heavy atom. The van der Waals surface area contributed by atoms with Crippen LogP contribution in [-0.2, 0) is 4.79 Å². The van der Waals surface area contributed by atoms with Gasteiger partial charge >= 0.3 is 6.03 Å². The molecule has 3 amide bonds. The molecule has 70 valence electrons. The Morgan fingerprint density at radius 2 is 2.00 bits per heavy atom. The van der Waals surface area contributed by atoms with Gasteiger partial charge in [-0.2, -0.15) is 0 Å². The van der Waals surface area contributed by atoms with Gasteiger partial charge in [0, 0.05) is 20.0 Å². The molecular formula is C7H15N3O2. The van der Waals surface area contributed by atoms with Crippen LogP contribution in [0, 0.1) is 0 Å². The lowest BCUT2D eigenvalue weighted by atomic mass is 10.2. The monoisotopic (exact) mass is 173 g/mol. The Morgan fingerprint density at radius 3 is 2.50 bits per heavy atom. The topological polar surface area (TPSA) is 84.2 Å². The molecule has 0 aliphatic heterocycles. The molecule has 0 bridgehead atoms. The summed E-state index contributed by atoms with van der Waals surface area (Å²) in [5.41, 5.74) is 4.92. The fourth-order valence-corrected chi connectivity index (χ4v) is 0.715. The van der Waals surface area contributed by atoms with Gasteiger partial charge in [-0.05, 0) is 12.8 Å². The van der Waals surface area contributed by atoms with Gasteiger partial charge in [0.1, 0.15) is 0 Å². The van der Waals surface area contributed by atoms with E-state index in [9.17, 15) is 9.59 Å². The number of primary amides is 1. The van der Waals surface area contributed by atoms with Crippen molar-refractivity contribution in [3.05, 3.63) is 0 Å². The summed E-state index contributed by atoms with van der Waals surface area (Å²) < 4.78 is 0. The molecule has 0 saturated carbocycles. The lowest BCUT2D eigenvalue weighted by molar-refractivity contribution is -0.118. The van der Waals surface area contributed by atoms with Gasteiger partial charge in [-0.15, -0.1) is 0 Å². The van der Waals surface area contributed by atoms with Crippen LogP contribution >= 0.6 is 0 Å². The normalized spacial score (nSPS) is 9.08. The van der Waals surface area contributed by atoms with E-state index >= 15 is 0 Å². The summed E-state index contributed by atoms with van der Waals surface area (Å²) in [6.07, 6.45) is 1.88. The van der Waals surface area contributed by atoms with E-state index in [0.29, 0.717) is 13.0 Å². The number of rotatable bonds is 5. The first-order chi connectivity index (χ1) is 5.66. The summed E-state index contributed by atoms with van der Waals surface area (Å²) in [5.74, 6) is -0.296. The number of hydrogen-bond acceptors (Lipinski definition) is 2. The predicted octanol–water partition coefficient (Wildman–Crippen LogP) is -0.429. The van der Waals surface area contributed by atoms with E-state index in [1.165, 1.54) is 0 Å². The van der Waals surface area contributed by atoms with E-state index in [0.717, 1.165) is 12.8 Å². The predicted molar refractivity (Wildman–Crippen MR) is 45.5 cm³/mol. The first-order valence-electron chi connectivity index (χ1n) is 3.90. The Labute approximate surface area is 71.7 Å². The summed E-state index contributed by atoms with van der Waals surface area (Å²) in [5, 5.41) is 5.03. The standard InChI is InChI=1S/C7H15N3O2/c1-9-7(12)10-5-3-2-4-6(8)11/h2-5H2,1H3,(H2,8,11)(H2,9,10,12). The molecule has 0 atom stereocenters. The van der Waals surface area contributed by atoms with Gasteiger partial charge in [0.05, 0.1) is 0 Å². The average Bonchev–Trinajstić information content (AvgIpc) is 2.03. The molecule has 5 heteroatoms. The molecule has 4 N–H and O–H groups in total. The fourth-order valence-electron chi connectivity index (χ4n) is 0.715. The molecule has 0 aromatic carbocycles. The van der Waals surface area contributed by atoms with Crippen LogP contribution in [0.15, 0.2) is 0 Å². The quantitative estimate of drug-likeness (QED) is 0.493. The number of nitrogens with two attached hydrogens (primary N) is 1. The minimum atomic E-state index is -0.296. The van der Waals surface area contributed by atoms with Crippen LogP contribution in [0.3, 0.4) is 0 Å². The van der Waals surface area contributed by atoms with E-state index in [1.54, 1.807) is 7.05 Å². The fraction of sp³-hybridized carbons (Fsp3) is 0.714. The highest BCUT2D eigenvalue weighted by Gasteiger charge is 1.96. The molecule has 0 radical (unpaired) electrons. The van der Waals surface area contributed by atoms with E-state index in [-0.39, 0.29) is 11.9 Å². The van der Waals surface area contributed by atoms with E-state index in [2.05, 4.69) is 10.6 Å². The van der Waals surface area contributed by atoms with Gasteiger partial charge < -0.3 is 16.4 Å². The van der Waals surface area contributed by atoms with E-state index in [4.69, 9.17) is 5.73 Å². The third kappa shape index (κ3) is 6.85. The molecule has 0 aromatic heterocycles.